The van der Waals surface area contributed by atoms with Crippen molar-refractivity contribution < 1.29 is 13.6 Å². The summed E-state index contributed by atoms with van der Waals surface area (Å²) in [5.74, 6) is -0.457. The summed E-state index contributed by atoms with van der Waals surface area (Å²) < 4.78 is 15.4. The van der Waals surface area contributed by atoms with E-state index in [9.17, 15) is 9.59 Å². The Morgan fingerprint density at radius 3 is 2.65 bits per heavy atom. The molecule has 0 fully saturated rings. The lowest BCUT2D eigenvalue weighted by molar-refractivity contribution is 0.262. The number of aromatic amines is 1. The minimum atomic E-state index is -0.617. The first kappa shape index (κ1) is 14.1. The summed E-state index contributed by atoms with van der Waals surface area (Å²) in [7, 11) is 0. The Labute approximate surface area is 114 Å². The highest BCUT2D eigenvalue weighted by atomic mass is 16.5. The summed E-state index contributed by atoms with van der Waals surface area (Å²) in [6.07, 6.45) is 2.69. The molecule has 2 heterocycles. The molecule has 0 aromatic carbocycles. The minimum Gasteiger partial charge on any atom is -0.486 e. The van der Waals surface area contributed by atoms with Gasteiger partial charge in [-0.25, -0.2) is 9.89 Å². The first-order valence-electron chi connectivity index (χ1n) is 6.27. The summed E-state index contributed by atoms with van der Waals surface area (Å²) >= 11 is 0. The first-order chi connectivity index (χ1) is 9.49. The average molecular weight is 280 g/mol. The van der Waals surface area contributed by atoms with Gasteiger partial charge in [-0.15, -0.1) is 5.10 Å². The van der Waals surface area contributed by atoms with Crippen LogP contribution in [0.3, 0.4) is 0 Å². The van der Waals surface area contributed by atoms with Gasteiger partial charge in [0.2, 0.25) is 17.1 Å². The highest BCUT2D eigenvalue weighted by Crippen LogP contribution is 2.16. The second-order valence-electron chi connectivity index (χ2n) is 4.84. The molecular formula is C13H16N2O5. The van der Waals surface area contributed by atoms with Crippen LogP contribution in [0.4, 0.5) is 0 Å². The van der Waals surface area contributed by atoms with Crippen LogP contribution >= 0.6 is 0 Å². The number of nitrogens with one attached hydrogen (secondary N) is 1. The van der Waals surface area contributed by atoms with Crippen molar-refractivity contribution in [3.8, 4) is 5.75 Å². The van der Waals surface area contributed by atoms with E-state index in [4.69, 9.17) is 13.6 Å². The molecule has 1 N–H and O–H groups in total. The van der Waals surface area contributed by atoms with E-state index < -0.39 is 5.76 Å². The zero-order valence-electron chi connectivity index (χ0n) is 11.5. The second-order valence-corrected chi connectivity index (χ2v) is 4.84. The molecule has 0 spiro atoms. The van der Waals surface area contributed by atoms with E-state index in [2.05, 4.69) is 10.2 Å². The van der Waals surface area contributed by atoms with Crippen molar-refractivity contribution in [1.29, 1.82) is 0 Å². The van der Waals surface area contributed by atoms with Crippen molar-refractivity contribution in [1.82, 2.24) is 10.2 Å². The molecule has 0 bridgehead atoms. The predicted octanol–water partition coefficient (Wildman–Crippen LogP) is 1.62. The van der Waals surface area contributed by atoms with Crippen molar-refractivity contribution in [3.05, 3.63) is 44.8 Å². The van der Waals surface area contributed by atoms with Crippen LogP contribution in [0.15, 0.2) is 30.9 Å². The lowest BCUT2D eigenvalue weighted by Gasteiger charge is -2.10. The maximum Gasteiger partial charge on any atom is 0.434 e. The third kappa shape index (κ3) is 2.98. The number of hydrogen-bond acceptors (Lipinski definition) is 6. The monoisotopic (exact) mass is 280 g/mol. The van der Waals surface area contributed by atoms with Crippen LogP contribution in [0.5, 0.6) is 5.75 Å². The van der Waals surface area contributed by atoms with Gasteiger partial charge in [-0.1, -0.05) is 20.8 Å². The summed E-state index contributed by atoms with van der Waals surface area (Å²) in [6.45, 7) is 5.72. The highest BCUT2D eigenvalue weighted by molar-refractivity contribution is 5.24. The van der Waals surface area contributed by atoms with Crippen molar-refractivity contribution in [3.63, 3.8) is 0 Å². The van der Waals surface area contributed by atoms with Gasteiger partial charge in [-0.3, -0.25) is 4.79 Å². The largest absolute Gasteiger partial charge is 0.486 e. The smallest absolute Gasteiger partial charge is 0.434 e. The molecule has 0 aliphatic heterocycles. The van der Waals surface area contributed by atoms with Gasteiger partial charge in [0.1, 0.15) is 6.26 Å². The molecule has 108 valence electrons. The fourth-order valence-electron chi connectivity index (χ4n) is 1.65. The number of hydrogen-bond donors (Lipinski definition) is 1. The van der Waals surface area contributed by atoms with E-state index in [-0.39, 0.29) is 35.5 Å². The van der Waals surface area contributed by atoms with E-state index in [0.29, 0.717) is 5.56 Å². The number of nitrogens with zero attached hydrogens (tertiary/aromatic N) is 1. The Morgan fingerprint density at radius 1 is 1.30 bits per heavy atom. The summed E-state index contributed by atoms with van der Waals surface area (Å²) in [5.41, 5.74) is 0.364. The molecular weight excluding hydrogens is 264 g/mol. The zero-order valence-corrected chi connectivity index (χ0v) is 11.5. The van der Waals surface area contributed by atoms with Gasteiger partial charge in [-0.2, -0.15) is 0 Å². The molecule has 2 aromatic heterocycles. The van der Waals surface area contributed by atoms with Gasteiger partial charge in [-0.05, 0) is 5.92 Å². The molecule has 0 radical (unpaired) electrons. The average Bonchev–Trinajstić information content (AvgIpc) is 2.83. The highest BCUT2D eigenvalue weighted by Gasteiger charge is 2.16. The molecule has 1 atom stereocenters. The zero-order chi connectivity index (χ0) is 14.7. The molecule has 0 aliphatic rings. The maximum absolute atomic E-state index is 12.1. The Hall–Kier alpha value is -2.31. The van der Waals surface area contributed by atoms with E-state index in [1.807, 2.05) is 13.8 Å². The second kappa shape index (κ2) is 5.77. The van der Waals surface area contributed by atoms with Crippen molar-refractivity contribution in [2.75, 3.05) is 6.61 Å². The molecule has 1 unspecified atom stereocenters. The molecule has 2 aromatic rings. The number of rotatable bonds is 5. The van der Waals surface area contributed by atoms with Gasteiger partial charge in [0, 0.05) is 5.56 Å². The van der Waals surface area contributed by atoms with Crippen LogP contribution in [-0.4, -0.2) is 16.8 Å². The Kier molecular flexibility index (Phi) is 4.07. The van der Waals surface area contributed by atoms with Crippen LogP contribution in [0.25, 0.3) is 0 Å². The quantitative estimate of drug-likeness (QED) is 0.893. The lowest BCUT2D eigenvalue weighted by Crippen LogP contribution is -2.16. The van der Waals surface area contributed by atoms with Crippen LogP contribution in [-0.2, 0) is 0 Å². The predicted molar refractivity (Wildman–Crippen MR) is 70.1 cm³/mol. The first-order valence-corrected chi connectivity index (χ1v) is 6.27. The van der Waals surface area contributed by atoms with Crippen molar-refractivity contribution >= 4 is 0 Å². The SMILES string of the molecule is CC(C)c1cocc(OCC(C)c2n[nH]c(=O)o2)c1=O. The molecule has 7 nitrogen and oxygen atoms in total. The molecule has 0 saturated carbocycles. The van der Waals surface area contributed by atoms with Crippen molar-refractivity contribution in [2.45, 2.75) is 32.6 Å². The fraction of sp³-hybridized carbons (Fsp3) is 0.462. The Morgan fingerprint density at radius 2 is 2.05 bits per heavy atom. The summed E-state index contributed by atoms with van der Waals surface area (Å²) in [4.78, 5) is 22.9. The minimum absolute atomic E-state index is 0.0524. The molecule has 0 aliphatic carbocycles. The van der Waals surface area contributed by atoms with Crippen LogP contribution in [0.2, 0.25) is 0 Å². The lowest BCUT2D eigenvalue weighted by atomic mass is 10.1. The van der Waals surface area contributed by atoms with Crippen molar-refractivity contribution in [2.24, 2.45) is 0 Å². The number of aromatic nitrogens is 2. The summed E-state index contributed by atoms with van der Waals surface area (Å²) in [6, 6.07) is 0. The topological polar surface area (TPSA) is 98.3 Å². The molecule has 7 heteroatoms. The molecule has 0 saturated heterocycles. The normalized spacial score (nSPS) is 12.6. The molecule has 0 amide bonds. The van der Waals surface area contributed by atoms with Gasteiger partial charge in [0.25, 0.3) is 0 Å². The Bertz CT molecular complexity index is 682. The standard InChI is InChI=1S/C13H16N2O5/c1-7(2)9-5-18-6-10(11(9)16)19-4-8(3)12-14-15-13(17)20-12/h5-8H,4H2,1-3H3,(H,15,17). The fourth-order valence-corrected chi connectivity index (χ4v) is 1.65. The van der Waals surface area contributed by atoms with E-state index in [0.717, 1.165) is 0 Å². The van der Waals surface area contributed by atoms with E-state index in [1.54, 1.807) is 6.92 Å². The van der Waals surface area contributed by atoms with E-state index in [1.165, 1.54) is 12.5 Å². The van der Waals surface area contributed by atoms with Crippen LogP contribution < -0.4 is 15.9 Å². The third-order valence-corrected chi connectivity index (χ3v) is 2.84. The van der Waals surface area contributed by atoms with E-state index >= 15 is 0 Å². The summed E-state index contributed by atoms with van der Waals surface area (Å²) in [5, 5.41) is 5.89. The molecule has 20 heavy (non-hydrogen) atoms. The van der Waals surface area contributed by atoms with Gasteiger partial charge in [0.15, 0.2) is 0 Å². The van der Waals surface area contributed by atoms with Gasteiger partial charge < -0.3 is 13.6 Å². The van der Waals surface area contributed by atoms with Gasteiger partial charge >= 0.3 is 5.76 Å². The van der Waals surface area contributed by atoms with Gasteiger partial charge in [0.05, 0.1) is 18.8 Å². The van der Waals surface area contributed by atoms with Crippen LogP contribution in [0.1, 0.15) is 44.1 Å². The Balaban J connectivity index is 2.10. The van der Waals surface area contributed by atoms with Crippen LogP contribution in [0, 0.1) is 0 Å². The number of H-pyrrole nitrogens is 1. The third-order valence-electron chi connectivity index (χ3n) is 2.84. The maximum atomic E-state index is 12.1. The number of ether oxygens (including phenoxy) is 1. The molecule has 2 rings (SSSR count).